The molecule has 4 N–H and O–H groups in total. The van der Waals surface area contributed by atoms with Crippen LogP contribution in [0.1, 0.15) is 164 Å². The molecule has 12 nitrogen and oxygen atoms in total. The van der Waals surface area contributed by atoms with Crippen LogP contribution in [0.2, 0.25) is 0 Å². The van der Waals surface area contributed by atoms with Gasteiger partial charge in [0.15, 0.2) is 11.6 Å². The molecule has 3 fully saturated rings. The zero-order valence-corrected chi connectivity index (χ0v) is 38.2. The van der Waals surface area contributed by atoms with Crippen LogP contribution in [0.4, 0.5) is 0 Å². The Morgan fingerprint density at radius 3 is 1.72 bits per heavy atom. The molecule has 1 aliphatic heterocycles. The maximum atomic E-state index is 14.3. The summed E-state index contributed by atoms with van der Waals surface area (Å²) in [4.78, 5) is 98.4. The Morgan fingerprint density at radius 2 is 1.15 bits per heavy atom. The predicted octanol–water partition coefficient (Wildman–Crippen LogP) is 7.43. The number of likely N-dealkylation sites (tertiary alicyclic amines) is 1. The first-order valence-electron chi connectivity index (χ1n) is 24.4. The van der Waals surface area contributed by atoms with Crippen molar-refractivity contribution < 1.29 is 33.6 Å². The highest BCUT2D eigenvalue weighted by molar-refractivity contribution is 6.27. The van der Waals surface area contributed by atoms with Gasteiger partial charge < -0.3 is 26.2 Å². The lowest BCUT2D eigenvalue weighted by atomic mass is 9.94. The van der Waals surface area contributed by atoms with Gasteiger partial charge >= 0.3 is 0 Å². The fraction of sp³-hybridized carbons (Fsp3) is 0.528. The third kappa shape index (κ3) is 12.2. The topological polar surface area (TPSA) is 171 Å². The van der Waals surface area contributed by atoms with E-state index in [-0.39, 0.29) is 84.3 Å². The number of carbonyl (C=O) groups is 7. The Morgan fingerprint density at radius 1 is 0.631 bits per heavy atom. The Bertz CT molecular complexity index is 2100. The zero-order valence-electron chi connectivity index (χ0n) is 38.2. The second-order valence-electron chi connectivity index (χ2n) is 18.8. The van der Waals surface area contributed by atoms with Crippen molar-refractivity contribution in [3.8, 4) is 0 Å². The van der Waals surface area contributed by atoms with E-state index in [0.717, 1.165) is 75.3 Å². The number of hydrogen-bond donors (Lipinski definition) is 4. The van der Waals surface area contributed by atoms with Crippen LogP contribution in [0.5, 0.6) is 0 Å². The van der Waals surface area contributed by atoms with Crippen molar-refractivity contribution in [3.63, 3.8) is 0 Å². The molecule has 0 radical (unpaired) electrons. The monoisotopic (exact) mass is 886 g/mol. The molecule has 346 valence electrons. The van der Waals surface area contributed by atoms with Gasteiger partial charge in [-0.15, -0.1) is 0 Å². The zero-order chi connectivity index (χ0) is 45.9. The molecule has 0 spiro atoms. The Hall–Kier alpha value is -5.65. The van der Waals surface area contributed by atoms with Gasteiger partial charge in [0.25, 0.3) is 5.91 Å². The molecule has 4 aliphatic rings. The molecule has 3 aromatic rings. The minimum absolute atomic E-state index is 0.0125. The van der Waals surface area contributed by atoms with Crippen LogP contribution in [0.3, 0.4) is 0 Å². The molecule has 1 unspecified atom stereocenters. The van der Waals surface area contributed by atoms with E-state index < -0.39 is 47.2 Å². The molecule has 65 heavy (non-hydrogen) atoms. The Balaban J connectivity index is 1.01. The molecule has 3 aromatic carbocycles. The number of ketones is 2. The largest absolute Gasteiger partial charge is 0.354 e. The summed E-state index contributed by atoms with van der Waals surface area (Å²) in [5.74, 6) is -5.09. The highest BCUT2D eigenvalue weighted by Crippen LogP contribution is 2.43. The summed E-state index contributed by atoms with van der Waals surface area (Å²) in [6.45, 7) is 4.72. The van der Waals surface area contributed by atoms with Crippen molar-refractivity contribution in [1.82, 2.24) is 26.2 Å². The molecule has 2 saturated carbocycles. The molecular weight excluding hydrogens is 819 g/mol. The second-order valence-corrected chi connectivity index (χ2v) is 18.8. The van der Waals surface area contributed by atoms with Gasteiger partial charge in [-0.3, -0.25) is 33.6 Å². The van der Waals surface area contributed by atoms with Gasteiger partial charge in [-0.2, -0.15) is 0 Å². The van der Waals surface area contributed by atoms with Crippen LogP contribution in [-0.4, -0.2) is 83.8 Å². The van der Waals surface area contributed by atoms with E-state index in [2.05, 4.69) is 35.1 Å². The summed E-state index contributed by atoms with van der Waals surface area (Å²) in [6.07, 6.45) is 12.7. The first-order chi connectivity index (χ1) is 31.6. The lowest BCUT2D eigenvalue weighted by Crippen LogP contribution is -2.48. The molecule has 3 aliphatic carbocycles. The molecule has 0 bridgehead atoms. The fourth-order valence-electron chi connectivity index (χ4n) is 9.78. The second kappa shape index (κ2) is 22.5. The fourth-order valence-corrected chi connectivity index (χ4v) is 9.78. The van der Waals surface area contributed by atoms with Gasteiger partial charge in [-0.1, -0.05) is 132 Å². The summed E-state index contributed by atoms with van der Waals surface area (Å²) in [5, 5.41) is 12.1. The Kier molecular flexibility index (Phi) is 16.4. The average Bonchev–Trinajstić information content (AvgIpc) is 4.21. The molecule has 1 saturated heterocycles. The molecule has 0 aromatic heterocycles. The van der Waals surface area contributed by atoms with Crippen LogP contribution in [0.25, 0.3) is 0 Å². The first kappa shape index (κ1) is 47.3. The number of carbonyl (C=O) groups excluding carboxylic acids is 7. The molecule has 12 heteroatoms. The number of fused-ring (bicyclic) bond motifs is 1. The van der Waals surface area contributed by atoms with Crippen molar-refractivity contribution in [1.29, 1.82) is 0 Å². The smallest absolute Gasteiger partial charge is 0.253 e. The van der Waals surface area contributed by atoms with Crippen molar-refractivity contribution in [3.05, 3.63) is 107 Å². The quantitative estimate of drug-likeness (QED) is 0.0536. The summed E-state index contributed by atoms with van der Waals surface area (Å²) in [5.41, 5.74) is 2.69. The van der Waals surface area contributed by atoms with Crippen molar-refractivity contribution in [2.24, 2.45) is 17.8 Å². The van der Waals surface area contributed by atoms with E-state index in [0.29, 0.717) is 13.0 Å². The molecule has 7 rings (SSSR count). The van der Waals surface area contributed by atoms with Crippen LogP contribution < -0.4 is 21.3 Å². The number of benzene rings is 3. The minimum atomic E-state index is -1.21. The van der Waals surface area contributed by atoms with E-state index in [9.17, 15) is 33.6 Å². The van der Waals surface area contributed by atoms with Gasteiger partial charge in [-0.05, 0) is 61.4 Å². The number of nitrogens with zero attached hydrogens (tertiary/aromatic N) is 1. The van der Waals surface area contributed by atoms with Crippen LogP contribution in [-0.2, 0) is 19.2 Å². The van der Waals surface area contributed by atoms with E-state index in [1.165, 1.54) is 35.9 Å². The standard InChI is InChI=1S/C53H67N5O7/c1-3-5-7-9-10-11-18-24-47(59)55-46(52(64)54-27-19-8-6-4-2)31-41-48(60)37-26-25-36(28-40(37)49(41)61)53(65)58-32-42(50(62)56-44-29-38(44)34-20-14-12-15-21-34)43(33-58)51(63)57-45-30-39(45)35-22-16-13-17-23-35/h12-17,20-23,25-26,28,38-39,41-46H,3-11,18-19,24,27,29-33H2,1-2H3,(H,54,64)(H,55,59)(H,56,62)(H,57,63)/t38-,39-,41?,42-,43-,44+,45+,46+/m1/s1. The van der Waals surface area contributed by atoms with Crippen molar-refractivity contribution in [2.45, 2.75) is 140 Å². The SMILES string of the molecule is CCCCCCCCCC(=O)N[C@@H](CC1C(=O)c2ccc(C(=O)N3C[C@@H](C(=O)N[C@H]4C[C@@H]4c4ccccc4)[C@H](C(=O)N[C@H]4C[C@@H]4c4ccccc4)C3)cc2C1=O)C(=O)NCCCCCC. The molecule has 8 atom stereocenters. The number of nitrogens with one attached hydrogen (secondary N) is 4. The maximum absolute atomic E-state index is 14.3. The number of unbranched alkanes of at least 4 members (excludes halogenated alkanes) is 9. The number of rotatable bonds is 24. The summed E-state index contributed by atoms with van der Waals surface area (Å²) in [6, 6.07) is 23.2. The third-order valence-corrected chi connectivity index (χ3v) is 13.9. The van der Waals surface area contributed by atoms with Gasteiger partial charge in [0.1, 0.15) is 6.04 Å². The van der Waals surface area contributed by atoms with E-state index in [1.807, 2.05) is 60.7 Å². The van der Waals surface area contributed by atoms with E-state index in [1.54, 1.807) is 0 Å². The highest BCUT2D eigenvalue weighted by atomic mass is 16.2. The predicted molar refractivity (Wildman–Crippen MR) is 249 cm³/mol. The molecular formula is C53H67N5O7. The number of Topliss-reactive ketones (excluding diaryl/α,β-unsaturated/α-hetero) is 2. The van der Waals surface area contributed by atoms with Gasteiger partial charge in [0.05, 0.1) is 17.8 Å². The minimum Gasteiger partial charge on any atom is -0.354 e. The number of amides is 5. The van der Waals surface area contributed by atoms with Crippen LogP contribution in [0, 0.1) is 17.8 Å². The van der Waals surface area contributed by atoms with Gasteiger partial charge in [-0.25, -0.2) is 0 Å². The van der Waals surface area contributed by atoms with Gasteiger partial charge in [0.2, 0.25) is 23.6 Å². The van der Waals surface area contributed by atoms with Crippen molar-refractivity contribution >= 4 is 41.1 Å². The maximum Gasteiger partial charge on any atom is 0.253 e. The normalized spacial score (nSPS) is 23.4. The summed E-state index contributed by atoms with van der Waals surface area (Å²) < 4.78 is 0. The first-order valence-corrected chi connectivity index (χ1v) is 24.4. The molecule has 5 amide bonds. The average molecular weight is 886 g/mol. The lowest BCUT2D eigenvalue weighted by molar-refractivity contribution is -0.133. The Labute approximate surface area is 383 Å². The lowest BCUT2D eigenvalue weighted by Gasteiger charge is -2.20. The molecule has 1 heterocycles. The summed E-state index contributed by atoms with van der Waals surface area (Å²) in [7, 11) is 0. The number of hydrogen-bond acceptors (Lipinski definition) is 7. The highest BCUT2D eigenvalue weighted by Gasteiger charge is 2.49. The van der Waals surface area contributed by atoms with Crippen LogP contribution >= 0.6 is 0 Å². The van der Waals surface area contributed by atoms with Crippen LogP contribution in [0.15, 0.2) is 78.9 Å². The van der Waals surface area contributed by atoms with Gasteiger partial charge in [0, 0.05) is 66.7 Å². The van der Waals surface area contributed by atoms with E-state index >= 15 is 0 Å². The van der Waals surface area contributed by atoms with Crippen molar-refractivity contribution in [2.75, 3.05) is 19.6 Å². The third-order valence-electron chi connectivity index (χ3n) is 13.9. The van der Waals surface area contributed by atoms with E-state index in [4.69, 9.17) is 0 Å². The summed E-state index contributed by atoms with van der Waals surface area (Å²) >= 11 is 0.